The van der Waals surface area contributed by atoms with E-state index in [-0.39, 0.29) is 12.0 Å². The van der Waals surface area contributed by atoms with Crippen LogP contribution in [-0.4, -0.2) is 41.1 Å². The van der Waals surface area contributed by atoms with Gasteiger partial charge in [0.2, 0.25) is 0 Å². The number of carbonyl (C=O) groups is 1. The van der Waals surface area contributed by atoms with Crippen LogP contribution in [0.1, 0.15) is 19.8 Å². The summed E-state index contributed by atoms with van der Waals surface area (Å²) in [5, 5.41) is 0.442. The molecule has 0 saturated carbocycles. The van der Waals surface area contributed by atoms with E-state index >= 15 is 0 Å². The standard InChI is InChI=1S/C19H20BrClN2O3/c1-13(25-15-4-2-14(20)3-5-15)19(24)23-10-8-16(9-11-23)26-17-6-7-18(21)22-12-17/h2-7,12-13,16H,8-11H2,1H3/t13-/m1/s1. The zero-order valence-electron chi connectivity index (χ0n) is 14.4. The number of carbonyl (C=O) groups excluding carboxylic acids is 1. The first-order valence-electron chi connectivity index (χ1n) is 8.50. The minimum absolute atomic E-state index is 0.000437. The Hall–Kier alpha value is -1.79. The molecule has 0 unspecified atom stereocenters. The molecule has 1 atom stereocenters. The number of aromatic nitrogens is 1. The number of benzene rings is 1. The highest BCUT2D eigenvalue weighted by Crippen LogP contribution is 2.21. The first-order chi connectivity index (χ1) is 12.5. The summed E-state index contributed by atoms with van der Waals surface area (Å²) in [6.45, 7) is 3.09. The molecule has 138 valence electrons. The largest absolute Gasteiger partial charge is 0.489 e. The highest BCUT2D eigenvalue weighted by molar-refractivity contribution is 9.10. The Morgan fingerprint density at radius 2 is 1.85 bits per heavy atom. The smallest absolute Gasteiger partial charge is 0.263 e. The Labute approximate surface area is 166 Å². The number of pyridine rings is 1. The van der Waals surface area contributed by atoms with Crippen molar-refractivity contribution in [2.24, 2.45) is 0 Å². The third-order valence-corrected chi connectivity index (χ3v) is 4.98. The lowest BCUT2D eigenvalue weighted by molar-refractivity contribution is -0.139. The molecule has 1 amide bonds. The van der Waals surface area contributed by atoms with Crippen LogP contribution in [0.4, 0.5) is 0 Å². The minimum Gasteiger partial charge on any atom is -0.489 e. The number of nitrogens with zero attached hydrogens (tertiary/aromatic N) is 2. The second kappa shape index (κ2) is 8.73. The summed E-state index contributed by atoms with van der Waals surface area (Å²) in [5.74, 6) is 1.38. The average molecular weight is 440 g/mol. The number of amides is 1. The molecular formula is C19H20BrClN2O3. The van der Waals surface area contributed by atoms with E-state index in [1.54, 1.807) is 25.3 Å². The van der Waals surface area contributed by atoms with Crippen molar-refractivity contribution in [2.45, 2.75) is 32.0 Å². The SMILES string of the molecule is C[C@@H](Oc1ccc(Br)cc1)C(=O)N1CCC(Oc2ccc(Cl)nc2)CC1. The van der Waals surface area contributed by atoms with E-state index in [0.717, 1.165) is 17.3 Å². The maximum Gasteiger partial charge on any atom is 0.263 e. The van der Waals surface area contributed by atoms with Crippen molar-refractivity contribution in [3.8, 4) is 11.5 Å². The number of halogens is 2. The van der Waals surface area contributed by atoms with E-state index in [1.165, 1.54) is 0 Å². The molecule has 0 aliphatic carbocycles. The molecule has 26 heavy (non-hydrogen) atoms. The molecule has 1 aromatic carbocycles. The first kappa shape index (κ1) is 19.0. The first-order valence-corrected chi connectivity index (χ1v) is 9.67. The lowest BCUT2D eigenvalue weighted by Crippen LogP contribution is -2.46. The van der Waals surface area contributed by atoms with Crippen molar-refractivity contribution in [3.63, 3.8) is 0 Å². The quantitative estimate of drug-likeness (QED) is 0.651. The Bertz CT molecular complexity index is 731. The van der Waals surface area contributed by atoms with Crippen molar-refractivity contribution >= 4 is 33.4 Å². The van der Waals surface area contributed by atoms with Gasteiger partial charge < -0.3 is 14.4 Å². The lowest BCUT2D eigenvalue weighted by atomic mass is 10.1. The van der Waals surface area contributed by atoms with E-state index in [9.17, 15) is 4.79 Å². The van der Waals surface area contributed by atoms with Crippen molar-refractivity contribution in [2.75, 3.05) is 13.1 Å². The molecule has 0 bridgehead atoms. The van der Waals surface area contributed by atoms with Crippen LogP contribution in [0.2, 0.25) is 5.15 Å². The van der Waals surface area contributed by atoms with Gasteiger partial charge in [0.25, 0.3) is 5.91 Å². The topological polar surface area (TPSA) is 51.7 Å². The number of hydrogen-bond donors (Lipinski definition) is 0. The molecule has 3 rings (SSSR count). The number of ether oxygens (including phenoxy) is 2. The molecule has 0 radical (unpaired) electrons. The fraction of sp³-hybridized carbons (Fsp3) is 0.368. The Kier molecular flexibility index (Phi) is 6.38. The number of hydrogen-bond acceptors (Lipinski definition) is 4. The fourth-order valence-corrected chi connectivity index (χ4v) is 3.22. The monoisotopic (exact) mass is 438 g/mol. The van der Waals surface area contributed by atoms with Gasteiger partial charge in [0.1, 0.15) is 22.8 Å². The highest BCUT2D eigenvalue weighted by atomic mass is 79.9. The predicted molar refractivity (Wildman–Crippen MR) is 104 cm³/mol. The van der Waals surface area contributed by atoms with Crippen LogP contribution in [0.5, 0.6) is 11.5 Å². The molecule has 2 heterocycles. The van der Waals surface area contributed by atoms with Crippen molar-refractivity contribution in [3.05, 3.63) is 52.2 Å². The molecule has 0 spiro atoms. The van der Waals surface area contributed by atoms with Crippen LogP contribution >= 0.6 is 27.5 Å². The van der Waals surface area contributed by atoms with Crippen LogP contribution < -0.4 is 9.47 Å². The maximum absolute atomic E-state index is 12.6. The molecule has 1 aromatic heterocycles. The second-order valence-electron chi connectivity index (χ2n) is 6.17. The summed E-state index contributed by atoms with van der Waals surface area (Å²) in [5.41, 5.74) is 0. The lowest BCUT2D eigenvalue weighted by Gasteiger charge is -2.33. The Morgan fingerprint density at radius 3 is 2.46 bits per heavy atom. The summed E-state index contributed by atoms with van der Waals surface area (Å²) in [4.78, 5) is 18.4. The normalized spacial score (nSPS) is 16.2. The predicted octanol–water partition coefficient (Wildman–Crippen LogP) is 4.33. The zero-order chi connectivity index (χ0) is 18.5. The average Bonchev–Trinajstić information content (AvgIpc) is 2.65. The molecule has 1 aliphatic heterocycles. The fourth-order valence-electron chi connectivity index (χ4n) is 2.84. The Morgan fingerprint density at radius 1 is 1.19 bits per heavy atom. The number of piperidine rings is 1. The summed E-state index contributed by atoms with van der Waals surface area (Å²) >= 11 is 9.16. The van der Waals surface area contributed by atoms with Crippen LogP contribution in [0.25, 0.3) is 0 Å². The summed E-state index contributed by atoms with van der Waals surface area (Å²) in [6.07, 6.45) is 2.73. The van der Waals surface area contributed by atoms with E-state index in [0.29, 0.717) is 29.7 Å². The van der Waals surface area contributed by atoms with Crippen LogP contribution in [0.15, 0.2) is 47.1 Å². The maximum atomic E-state index is 12.6. The molecular weight excluding hydrogens is 420 g/mol. The second-order valence-corrected chi connectivity index (χ2v) is 7.48. The van der Waals surface area contributed by atoms with E-state index in [4.69, 9.17) is 21.1 Å². The third-order valence-electron chi connectivity index (χ3n) is 4.23. The van der Waals surface area contributed by atoms with Crippen molar-refractivity contribution in [1.29, 1.82) is 0 Å². The van der Waals surface area contributed by atoms with Gasteiger partial charge in [0.15, 0.2) is 6.10 Å². The molecule has 7 heteroatoms. The van der Waals surface area contributed by atoms with Crippen LogP contribution in [-0.2, 0) is 4.79 Å². The van der Waals surface area contributed by atoms with Crippen LogP contribution in [0, 0.1) is 0 Å². The molecule has 2 aromatic rings. The molecule has 1 aliphatic rings. The van der Waals surface area contributed by atoms with Gasteiger partial charge in [-0.2, -0.15) is 0 Å². The number of likely N-dealkylation sites (tertiary alicyclic amines) is 1. The van der Waals surface area contributed by atoms with Crippen molar-refractivity contribution < 1.29 is 14.3 Å². The molecule has 5 nitrogen and oxygen atoms in total. The van der Waals surface area contributed by atoms with Crippen molar-refractivity contribution in [1.82, 2.24) is 9.88 Å². The van der Waals surface area contributed by atoms with E-state index in [1.807, 2.05) is 29.2 Å². The van der Waals surface area contributed by atoms with Gasteiger partial charge in [-0.1, -0.05) is 27.5 Å². The summed E-state index contributed by atoms with van der Waals surface area (Å²) < 4.78 is 12.6. The summed E-state index contributed by atoms with van der Waals surface area (Å²) in [7, 11) is 0. The van der Waals surface area contributed by atoms with Gasteiger partial charge in [0.05, 0.1) is 6.20 Å². The van der Waals surface area contributed by atoms with Gasteiger partial charge in [-0.3, -0.25) is 4.79 Å². The van der Waals surface area contributed by atoms with E-state index in [2.05, 4.69) is 20.9 Å². The molecule has 1 fully saturated rings. The minimum atomic E-state index is -0.519. The van der Waals surface area contributed by atoms with Gasteiger partial charge in [-0.05, 0) is 43.3 Å². The summed E-state index contributed by atoms with van der Waals surface area (Å²) in [6, 6.07) is 11.0. The Balaban J connectivity index is 1.48. The number of rotatable bonds is 5. The third kappa shape index (κ3) is 5.11. The van der Waals surface area contributed by atoms with Gasteiger partial charge in [0, 0.05) is 30.4 Å². The van der Waals surface area contributed by atoms with E-state index < -0.39 is 6.10 Å². The highest BCUT2D eigenvalue weighted by Gasteiger charge is 2.27. The molecule has 1 saturated heterocycles. The molecule has 0 N–H and O–H groups in total. The zero-order valence-corrected chi connectivity index (χ0v) is 16.7. The van der Waals surface area contributed by atoms with Gasteiger partial charge in [-0.25, -0.2) is 4.98 Å². The van der Waals surface area contributed by atoms with Crippen LogP contribution in [0.3, 0.4) is 0 Å². The van der Waals surface area contributed by atoms with Gasteiger partial charge in [-0.15, -0.1) is 0 Å². The van der Waals surface area contributed by atoms with Gasteiger partial charge >= 0.3 is 0 Å².